The van der Waals surface area contributed by atoms with E-state index < -0.39 is 9.84 Å². The summed E-state index contributed by atoms with van der Waals surface area (Å²) in [7, 11) is -3.19. The topological polar surface area (TPSA) is 51.2 Å². The van der Waals surface area contributed by atoms with Gasteiger partial charge in [0.2, 0.25) is 0 Å². The smallest absolute Gasteiger partial charge is 0.175 e. The maximum Gasteiger partial charge on any atom is 0.175 e. The fourth-order valence-electron chi connectivity index (χ4n) is 2.59. The van der Waals surface area contributed by atoms with Crippen molar-refractivity contribution in [3.05, 3.63) is 35.4 Å². The summed E-state index contributed by atoms with van der Waals surface area (Å²) in [6.07, 6.45) is 5.79. The first-order chi connectivity index (χ1) is 9.43. The lowest BCUT2D eigenvalue weighted by atomic mass is 9.98. The molecule has 108 valence electrons. The zero-order chi connectivity index (χ0) is 14.8. The molecule has 1 aromatic carbocycles. The molecule has 0 fully saturated rings. The van der Waals surface area contributed by atoms with Crippen LogP contribution in [0.2, 0.25) is 0 Å². The third-order valence-electron chi connectivity index (χ3n) is 3.69. The molecule has 1 aliphatic rings. The number of carbonyl (C=O) groups excluding carboxylic acids is 1. The number of carbonyl (C=O) groups is 1. The lowest BCUT2D eigenvalue weighted by Crippen LogP contribution is -1.99. The van der Waals surface area contributed by atoms with Crippen LogP contribution in [0, 0.1) is 0 Å². The Balaban J connectivity index is 2.35. The normalized spacial score (nSPS) is 16.0. The second-order valence-electron chi connectivity index (χ2n) is 5.30. The molecule has 0 radical (unpaired) electrons. The van der Waals surface area contributed by atoms with Gasteiger partial charge in [0.25, 0.3) is 0 Å². The molecule has 2 rings (SSSR count). The number of rotatable bonds is 5. The number of sulfone groups is 1. The Kier molecular flexibility index (Phi) is 4.43. The molecule has 0 aliphatic heterocycles. The number of ketones is 1. The Morgan fingerprint density at radius 2 is 1.75 bits per heavy atom. The second-order valence-corrected chi connectivity index (χ2v) is 7.32. The van der Waals surface area contributed by atoms with E-state index in [0.29, 0.717) is 11.3 Å². The van der Waals surface area contributed by atoms with Gasteiger partial charge in [-0.05, 0) is 37.0 Å². The minimum atomic E-state index is -3.19. The van der Waals surface area contributed by atoms with E-state index in [1.807, 2.05) is 0 Å². The summed E-state index contributed by atoms with van der Waals surface area (Å²) in [5, 5.41) is 0. The van der Waals surface area contributed by atoms with Crippen LogP contribution in [0.1, 0.15) is 44.6 Å². The highest BCUT2D eigenvalue weighted by Crippen LogP contribution is 2.34. The predicted molar refractivity (Wildman–Crippen MR) is 80.2 cm³/mol. The minimum Gasteiger partial charge on any atom is -0.294 e. The molecule has 1 aliphatic carbocycles. The summed E-state index contributed by atoms with van der Waals surface area (Å²) < 4.78 is 22.9. The van der Waals surface area contributed by atoms with Gasteiger partial charge in [0.1, 0.15) is 0 Å². The van der Waals surface area contributed by atoms with E-state index in [-0.39, 0.29) is 5.78 Å². The molecular formula is C16H20O3S. The van der Waals surface area contributed by atoms with Crippen molar-refractivity contribution >= 4 is 21.2 Å². The molecule has 3 nitrogen and oxygen atoms in total. The van der Waals surface area contributed by atoms with E-state index in [0.717, 1.165) is 36.8 Å². The zero-order valence-electron chi connectivity index (χ0n) is 12.0. The van der Waals surface area contributed by atoms with Crippen LogP contribution in [-0.2, 0) is 14.6 Å². The molecule has 4 heteroatoms. The highest BCUT2D eigenvalue weighted by atomic mass is 32.2. The summed E-state index contributed by atoms with van der Waals surface area (Å²) in [5.74, 6) is 0.184. The molecular weight excluding hydrogens is 272 g/mol. The molecule has 0 saturated carbocycles. The summed E-state index contributed by atoms with van der Waals surface area (Å²) >= 11 is 0. The number of hydrogen-bond acceptors (Lipinski definition) is 3. The minimum absolute atomic E-state index is 0.184. The van der Waals surface area contributed by atoms with Gasteiger partial charge in [-0.3, -0.25) is 4.79 Å². The van der Waals surface area contributed by atoms with Gasteiger partial charge < -0.3 is 0 Å². The Bertz CT molecular complexity index is 637. The molecule has 0 amide bonds. The van der Waals surface area contributed by atoms with Crippen LogP contribution in [0.25, 0.3) is 5.57 Å². The molecule has 0 heterocycles. The number of hydrogen-bond donors (Lipinski definition) is 0. The molecule has 0 unspecified atom stereocenters. The molecule has 1 aromatic rings. The van der Waals surface area contributed by atoms with Gasteiger partial charge in [-0.25, -0.2) is 8.42 Å². The molecule has 20 heavy (non-hydrogen) atoms. The SMILES string of the molecule is CCCCC1=C(c2ccc(S(C)(=O)=O)cc2)C(=O)CC1. The van der Waals surface area contributed by atoms with E-state index in [1.165, 1.54) is 11.8 Å². The lowest BCUT2D eigenvalue weighted by Gasteiger charge is -2.07. The first kappa shape index (κ1) is 15.0. The third-order valence-corrected chi connectivity index (χ3v) is 4.82. The van der Waals surface area contributed by atoms with E-state index in [1.54, 1.807) is 24.3 Å². The van der Waals surface area contributed by atoms with Crippen molar-refractivity contribution in [1.82, 2.24) is 0 Å². The van der Waals surface area contributed by atoms with Crippen LogP contribution in [0.3, 0.4) is 0 Å². The highest BCUT2D eigenvalue weighted by Gasteiger charge is 2.23. The molecule has 0 bridgehead atoms. The molecule has 0 aromatic heterocycles. The number of Topliss-reactive ketones (excluding diaryl/α,β-unsaturated/α-hetero) is 1. The van der Waals surface area contributed by atoms with Crippen LogP contribution in [0.15, 0.2) is 34.7 Å². The first-order valence-electron chi connectivity index (χ1n) is 6.99. The molecule has 0 spiro atoms. The fraction of sp³-hybridized carbons (Fsp3) is 0.438. The summed E-state index contributed by atoms with van der Waals surface area (Å²) in [6.45, 7) is 2.14. The van der Waals surface area contributed by atoms with Crippen molar-refractivity contribution in [2.75, 3.05) is 6.26 Å². The van der Waals surface area contributed by atoms with E-state index in [9.17, 15) is 13.2 Å². The largest absolute Gasteiger partial charge is 0.294 e. The fourth-order valence-corrected chi connectivity index (χ4v) is 3.22. The van der Waals surface area contributed by atoms with E-state index in [4.69, 9.17) is 0 Å². The van der Waals surface area contributed by atoms with Gasteiger partial charge in [0.15, 0.2) is 15.6 Å². The van der Waals surface area contributed by atoms with E-state index in [2.05, 4.69) is 6.92 Å². The van der Waals surface area contributed by atoms with Crippen molar-refractivity contribution in [3.8, 4) is 0 Å². The van der Waals surface area contributed by atoms with Crippen LogP contribution >= 0.6 is 0 Å². The van der Waals surface area contributed by atoms with Crippen molar-refractivity contribution < 1.29 is 13.2 Å². The average molecular weight is 292 g/mol. The molecule has 0 atom stereocenters. The maximum absolute atomic E-state index is 12.1. The van der Waals surface area contributed by atoms with Crippen molar-refractivity contribution in [1.29, 1.82) is 0 Å². The van der Waals surface area contributed by atoms with Gasteiger partial charge in [0, 0.05) is 18.2 Å². The molecule has 0 saturated heterocycles. The number of allylic oxidation sites excluding steroid dienone is 2. The van der Waals surface area contributed by atoms with Crippen LogP contribution in [0.4, 0.5) is 0 Å². The number of benzene rings is 1. The van der Waals surface area contributed by atoms with Crippen molar-refractivity contribution in [2.45, 2.75) is 43.9 Å². The summed E-state index contributed by atoms with van der Waals surface area (Å²) in [5.41, 5.74) is 2.90. The zero-order valence-corrected chi connectivity index (χ0v) is 12.8. The van der Waals surface area contributed by atoms with Gasteiger partial charge in [-0.1, -0.05) is 31.1 Å². The predicted octanol–water partition coefficient (Wildman–Crippen LogP) is 3.40. The summed E-state index contributed by atoms with van der Waals surface area (Å²) in [6, 6.07) is 6.67. The standard InChI is InChI=1S/C16H20O3S/c1-3-4-5-12-8-11-15(17)16(12)13-6-9-14(10-7-13)20(2,18)19/h6-7,9-10H,3-5,8,11H2,1-2H3. The van der Waals surface area contributed by atoms with Crippen LogP contribution < -0.4 is 0 Å². The monoisotopic (exact) mass is 292 g/mol. The number of unbranched alkanes of at least 4 members (excludes halogenated alkanes) is 1. The Morgan fingerprint density at radius 1 is 1.10 bits per heavy atom. The van der Waals surface area contributed by atoms with E-state index >= 15 is 0 Å². The Hall–Kier alpha value is -1.42. The summed E-state index contributed by atoms with van der Waals surface area (Å²) in [4.78, 5) is 12.3. The van der Waals surface area contributed by atoms with Crippen LogP contribution in [-0.4, -0.2) is 20.5 Å². The average Bonchev–Trinajstić information content (AvgIpc) is 2.76. The third kappa shape index (κ3) is 3.18. The Labute approximate surface area is 120 Å². The van der Waals surface area contributed by atoms with Crippen molar-refractivity contribution in [3.63, 3.8) is 0 Å². The second kappa shape index (κ2) is 5.92. The van der Waals surface area contributed by atoms with Gasteiger partial charge >= 0.3 is 0 Å². The van der Waals surface area contributed by atoms with Gasteiger partial charge in [-0.15, -0.1) is 0 Å². The van der Waals surface area contributed by atoms with Crippen LogP contribution in [0.5, 0.6) is 0 Å². The van der Waals surface area contributed by atoms with Gasteiger partial charge in [0.05, 0.1) is 4.90 Å². The highest BCUT2D eigenvalue weighted by molar-refractivity contribution is 7.90. The Morgan fingerprint density at radius 3 is 2.30 bits per heavy atom. The van der Waals surface area contributed by atoms with Crippen molar-refractivity contribution in [2.24, 2.45) is 0 Å². The quantitative estimate of drug-likeness (QED) is 0.835. The molecule has 0 N–H and O–H groups in total. The maximum atomic E-state index is 12.1. The first-order valence-corrected chi connectivity index (χ1v) is 8.88. The lowest BCUT2D eigenvalue weighted by molar-refractivity contribution is -0.113. The van der Waals surface area contributed by atoms with Gasteiger partial charge in [-0.2, -0.15) is 0 Å².